The fourth-order valence-electron chi connectivity index (χ4n) is 2.38. The van der Waals surface area contributed by atoms with E-state index in [4.69, 9.17) is 0 Å². The summed E-state index contributed by atoms with van der Waals surface area (Å²) in [6, 6.07) is 0.0311. The Morgan fingerprint density at radius 2 is 2.19 bits per heavy atom. The molecular weight excluding hydrogens is 313 g/mol. The van der Waals surface area contributed by atoms with Gasteiger partial charge in [0.05, 0.1) is 6.04 Å². The predicted molar refractivity (Wildman–Crippen MR) is 87.2 cm³/mol. The first-order chi connectivity index (χ1) is 9.24. The largest absolute Gasteiger partial charge is 0.346 e. The molecule has 6 nitrogen and oxygen atoms in total. The number of aryl methyl sites for hydroxylation is 2. The molecule has 0 bridgehead atoms. The molecule has 1 aromatic heterocycles. The Kier molecular flexibility index (Phi) is 9.57. The van der Waals surface area contributed by atoms with Crippen molar-refractivity contribution < 1.29 is 4.79 Å². The maximum absolute atomic E-state index is 11.9. The number of carbonyl (C=O) groups is 1. The summed E-state index contributed by atoms with van der Waals surface area (Å²) in [7, 11) is 1.90. The Hall–Kier alpha value is -0.850. The summed E-state index contributed by atoms with van der Waals surface area (Å²) < 4.78 is 1.95. The van der Waals surface area contributed by atoms with E-state index in [1.54, 1.807) is 0 Å². The molecule has 2 N–H and O–H groups in total. The highest BCUT2D eigenvalue weighted by molar-refractivity contribution is 5.85. The van der Waals surface area contributed by atoms with Gasteiger partial charge in [0.25, 0.3) is 0 Å². The molecule has 122 valence electrons. The summed E-state index contributed by atoms with van der Waals surface area (Å²) in [5.41, 5.74) is 0. The Bertz CT molecular complexity index is 438. The lowest BCUT2D eigenvalue weighted by Gasteiger charge is -2.23. The number of rotatable bonds is 6. The third-order valence-electron chi connectivity index (χ3n) is 3.40. The zero-order valence-corrected chi connectivity index (χ0v) is 14.2. The molecule has 1 amide bonds. The first-order valence-corrected chi connectivity index (χ1v) is 7.12. The van der Waals surface area contributed by atoms with Crippen LogP contribution >= 0.6 is 24.8 Å². The van der Waals surface area contributed by atoms with Gasteiger partial charge in [-0.05, 0) is 32.9 Å². The van der Waals surface area contributed by atoms with Crippen molar-refractivity contribution in [2.75, 3.05) is 13.6 Å². The normalized spacial score (nSPS) is 16.4. The molecule has 0 aliphatic carbocycles. The number of nitrogens with one attached hydrogen (secondary N) is 2. The molecule has 1 atom stereocenters. The molecule has 0 saturated heterocycles. The monoisotopic (exact) mass is 337 g/mol. The van der Waals surface area contributed by atoms with Gasteiger partial charge in [-0.15, -0.1) is 24.8 Å². The Balaban J connectivity index is 0.00000200. The summed E-state index contributed by atoms with van der Waals surface area (Å²) in [6.07, 6.45) is 4.26. The highest BCUT2D eigenvalue weighted by Gasteiger charge is 2.25. The van der Waals surface area contributed by atoms with Gasteiger partial charge in [-0.2, -0.15) is 5.10 Å². The minimum absolute atomic E-state index is 0. The minimum Gasteiger partial charge on any atom is -0.346 e. The topological polar surface area (TPSA) is 71.8 Å². The van der Waals surface area contributed by atoms with Gasteiger partial charge in [0, 0.05) is 19.4 Å². The smallest absolute Gasteiger partial charge is 0.220 e. The van der Waals surface area contributed by atoms with Crippen molar-refractivity contribution in [3.05, 3.63) is 11.6 Å². The Labute approximate surface area is 138 Å². The van der Waals surface area contributed by atoms with Crippen LogP contribution in [0.25, 0.3) is 0 Å². The zero-order chi connectivity index (χ0) is 13.7. The summed E-state index contributed by atoms with van der Waals surface area (Å²) in [4.78, 5) is 16.4. The van der Waals surface area contributed by atoms with E-state index in [0.29, 0.717) is 6.42 Å². The van der Waals surface area contributed by atoms with Crippen LogP contribution in [0.3, 0.4) is 0 Å². The highest BCUT2D eigenvalue weighted by Crippen LogP contribution is 2.23. The Morgan fingerprint density at radius 1 is 1.43 bits per heavy atom. The summed E-state index contributed by atoms with van der Waals surface area (Å²) >= 11 is 0. The maximum atomic E-state index is 11.9. The van der Waals surface area contributed by atoms with Gasteiger partial charge in [0.1, 0.15) is 5.82 Å². The van der Waals surface area contributed by atoms with Crippen molar-refractivity contribution in [2.45, 2.75) is 51.6 Å². The van der Waals surface area contributed by atoms with E-state index < -0.39 is 0 Å². The van der Waals surface area contributed by atoms with Gasteiger partial charge in [-0.25, -0.2) is 9.67 Å². The van der Waals surface area contributed by atoms with Crippen molar-refractivity contribution in [2.24, 2.45) is 0 Å². The number of hydrogen-bond donors (Lipinski definition) is 2. The predicted octanol–water partition coefficient (Wildman–Crippen LogP) is 1.63. The molecule has 2 rings (SSSR count). The Morgan fingerprint density at radius 3 is 2.86 bits per heavy atom. The molecule has 21 heavy (non-hydrogen) atoms. The first kappa shape index (κ1) is 20.1. The first-order valence-electron chi connectivity index (χ1n) is 7.12. The van der Waals surface area contributed by atoms with Gasteiger partial charge in [0.2, 0.25) is 5.91 Å². The van der Waals surface area contributed by atoms with Gasteiger partial charge in [-0.1, -0.05) is 6.92 Å². The van der Waals surface area contributed by atoms with Gasteiger partial charge in [-0.3, -0.25) is 4.79 Å². The second-order valence-corrected chi connectivity index (χ2v) is 4.93. The highest BCUT2D eigenvalue weighted by atomic mass is 35.5. The van der Waals surface area contributed by atoms with Gasteiger partial charge >= 0.3 is 0 Å². The third kappa shape index (κ3) is 5.45. The maximum Gasteiger partial charge on any atom is 0.220 e. The summed E-state index contributed by atoms with van der Waals surface area (Å²) in [5, 5.41) is 10.6. The van der Waals surface area contributed by atoms with E-state index in [0.717, 1.165) is 50.4 Å². The van der Waals surface area contributed by atoms with Crippen LogP contribution in [0.4, 0.5) is 0 Å². The van der Waals surface area contributed by atoms with Crippen molar-refractivity contribution in [3.8, 4) is 0 Å². The molecule has 8 heteroatoms. The molecule has 1 aliphatic rings. The third-order valence-corrected chi connectivity index (χ3v) is 3.40. The van der Waals surface area contributed by atoms with Crippen LogP contribution in [-0.2, 0) is 17.8 Å². The van der Waals surface area contributed by atoms with E-state index in [-0.39, 0.29) is 36.8 Å². The zero-order valence-electron chi connectivity index (χ0n) is 12.6. The lowest BCUT2D eigenvalue weighted by atomic mass is 10.1. The number of aromatic nitrogens is 3. The lowest BCUT2D eigenvalue weighted by molar-refractivity contribution is -0.122. The van der Waals surface area contributed by atoms with Crippen LogP contribution in [-0.4, -0.2) is 34.3 Å². The molecule has 0 fully saturated rings. The number of fused-ring (bicyclic) bond motifs is 1. The molecule has 0 saturated carbocycles. The average molecular weight is 338 g/mol. The van der Waals surface area contributed by atoms with Crippen LogP contribution in [0, 0.1) is 0 Å². The molecular formula is C13H25Cl2N5O. The minimum atomic E-state index is 0. The number of halogens is 2. The number of nitrogens with zero attached hydrogens (tertiary/aromatic N) is 3. The van der Waals surface area contributed by atoms with Crippen LogP contribution in [0.1, 0.15) is 50.3 Å². The van der Waals surface area contributed by atoms with E-state index in [1.165, 1.54) is 0 Å². The van der Waals surface area contributed by atoms with E-state index in [1.807, 2.05) is 18.7 Å². The second kappa shape index (κ2) is 9.97. The molecule has 0 spiro atoms. The van der Waals surface area contributed by atoms with Crippen molar-refractivity contribution in [1.82, 2.24) is 25.4 Å². The van der Waals surface area contributed by atoms with Crippen LogP contribution < -0.4 is 10.6 Å². The van der Waals surface area contributed by atoms with Crippen LogP contribution in [0.15, 0.2) is 0 Å². The molecule has 1 aromatic rings. The van der Waals surface area contributed by atoms with Crippen LogP contribution in [0.5, 0.6) is 0 Å². The SMILES string of the molecule is CCc1nc2n(n1)CCCC2NC(=O)CCCNC.Cl.Cl. The molecule has 0 aromatic carbocycles. The molecule has 0 radical (unpaired) electrons. The van der Waals surface area contributed by atoms with Gasteiger partial charge in [0.15, 0.2) is 5.82 Å². The van der Waals surface area contributed by atoms with Crippen molar-refractivity contribution in [1.29, 1.82) is 0 Å². The molecule has 1 unspecified atom stereocenters. The van der Waals surface area contributed by atoms with E-state index in [2.05, 4.69) is 20.7 Å². The standard InChI is InChI=1S/C13H23N5O.2ClH/c1-3-11-16-13-10(6-5-9-18(13)17-11)15-12(19)7-4-8-14-2;;/h10,14H,3-9H2,1-2H3,(H,15,19);2*1H. The fraction of sp³-hybridized carbons (Fsp3) is 0.769. The average Bonchev–Trinajstić information content (AvgIpc) is 2.83. The molecule has 1 aliphatic heterocycles. The van der Waals surface area contributed by atoms with E-state index in [9.17, 15) is 4.79 Å². The number of carbonyl (C=O) groups excluding carboxylic acids is 1. The number of amides is 1. The summed E-state index contributed by atoms with van der Waals surface area (Å²) in [5.74, 6) is 1.89. The van der Waals surface area contributed by atoms with Crippen molar-refractivity contribution >= 4 is 30.7 Å². The van der Waals surface area contributed by atoms with Gasteiger partial charge < -0.3 is 10.6 Å². The van der Waals surface area contributed by atoms with E-state index >= 15 is 0 Å². The van der Waals surface area contributed by atoms with Crippen LogP contribution in [0.2, 0.25) is 0 Å². The molecule has 2 heterocycles. The lowest BCUT2D eigenvalue weighted by Crippen LogP contribution is -2.33. The summed E-state index contributed by atoms with van der Waals surface area (Å²) in [6.45, 7) is 3.83. The number of hydrogen-bond acceptors (Lipinski definition) is 4. The fourth-order valence-corrected chi connectivity index (χ4v) is 2.38. The quantitative estimate of drug-likeness (QED) is 0.774. The van der Waals surface area contributed by atoms with Crippen molar-refractivity contribution in [3.63, 3.8) is 0 Å². The second-order valence-electron chi connectivity index (χ2n) is 4.93.